The Kier molecular flexibility index (Phi) is 3.82. The minimum atomic E-state index is -0.489. The second-order valence-corrected chi connectivity index (χ2v) is 6.28. The topological polar surface area (TPSA) is 61.8 Å². The number of nitrogens with one attached hydrogen (secondary N) is 1. The third-order valence-electron chi connectivity index (χ3n) is 3.73. The number of nitrogens with zero attached hydrogens (tertiary/aromatic N) is 1. The molecule has 2 N–H and O–H groups in total. The fourth-order valence-corrected chi connectivity index (χ4v) is 2.99. The summed E-state index contributed by atoms with van der Waals surface area (Å²) >= 11 is 0. The van der Waals surface area contributed by atoms with Gasteiger partial charge in [0.2, 0.25) is 0 Å². The van der Waals surface area contributed by atoms with E-state index in [1.165, 1.54) is 0 Å². The molecule has 0 radical (unpaired) electrons. The molecule has 0 spiro atoms. The molecule has 18 heavy (non-hydrogen) atoms. The molecule has 2 fully saturated rings. The number of aliphatic hydroxyl groups is 1. The standard InChI is InChI=1S/C13H24N2O3/c1-13(2,3)18-12(17)15-10(8-16)6-9-4-5-14-7-11(9)15/h9-11,14,16H,4-8H2,1-3H3. The fraction of sp³-hybridized carbons (Fsp3) is 0.923. The number of aliphatic hydroxyl groups excluding tert-OH is 1. The second-order valence-electron chi connectivity index (χ2n) is 6.28. The molecule has 2 aliphatic rings. The molecule has 2 heterocycles. The van der Waals surface area contributed by atoms with Crippen LogP contribution in [0.15, 0.2) is 0 Å². The lowest BCUT2D eigenvalue weighted by atomic mass is 9.92. The summed E-state index contributed by atoms with van der Waals surface area (Å²) in [6, 6.07) is 0.0838. The van der Waals surface area contributed by atoms with Crippen molar-refractivity contribution in [3.63, 3.8) is 0 Å². The van der Waals surface area contributed by atoms with Crippen LogP contribution in [0.2, 0.25) is 0 Å². The van der Waals surface area contributed by atoms with Gasteiger partial charge in [-0.15, -0.1) is 0 Å². The van der Waals surface area contributed by atoms with Crippen LogP contribution < -0.4 is 5.32 Å². The number of carbonyl (C=O) groups excluding carboxylic acids is 1. The third kappa shape index (κ3) is 2.78. The van der Waals surface area contributed by atoms with E-state index in [1.807, 2.05) is 20.8 Å². The molecular weight excluding hydrogens is 232 g/mol. The SMILES string of the molecule is CC(C)(C)OC(=O)N1C(CO)CC2CCNCC21. The monoisotopic (exact) mass is 256 g/mol. The smallest absolute Gasteiger partial charge is 0.410 e. The van der Waals surface area contributed by atoms with Gasteiger partial charge in [0.05, 0.1) is 18.7 Å². The first kappa shape index (κ1) is 13.6. The number of likely N-dealkylation sites (tertiary alicyclic amines) is 1. The van der Waals surface area contributed by atoms with E-state index in [9.17, 15) is 9.90 Å². The van der Waals surface area contributed by atoms with Crippen molar-refractivity contribution in [1.29, 1.82) is 0 Å². The van der Waals surface area contributed by atoms with Crippen LogP contribution in [-0.4, -0.2) is 53.5 Å². The van der Waals surface area contributed by atoms with Crippen molar-refractivity contribution in [2.24, 2.45) is 5.92 Å². The predicted octanol–water partition coefficient (Wildman–Crippen LogP) is 0.966. The van der Waals surface area contributed by atoms with Crippen molar-refractivity contribution < 1.29 is 14.6 Å². The molecule has 3 unspecified atom stereocenters. The number of carbonyl (C=O) groups is 1. The number of rotatable bonds is 1. The van der Waals surface area contributed by atoms with Crippen LogP contribution in [0.3, 0.4) is 0 Å². The van der Waals surface area contributed by atoms with E-state index in [0.717, 1.165) is 25.9 Å². The maximum absolute atomic E-state index is 12.2. The average Bonchev–Trinajstić information content (AvgIpc) is 2.64. The number of fused-ring (bicyclic) bond motifs is 1. The van der Waals surface area contributed by atoms with Crippen LogP contribution in [0.1, 0.15) is 33.6 Å². The Morgan fingerprint density at radius 2 is 2.22 bits per heavy atom. The van der Waals surface area contributed by atoms with E-state index in [-0.39, 0.29) is 24.8 Å². The Balaban J connectivity index is 2.10. The van der Waals surface area contributed by atoms with Gasteiger partial charge in [-0.1, -0.05) is 0 Å². The third-order valence-corrected chi connectivity index (χ3v) is 3.73. The largest absolute Gasteiger partial charge is 0.444 e. The Bertz CT molecular complexity index is 314. The Morgan fingerprint density at radius 1 is 1.50 bits per heavy atom. The van der Waals surface area contributed by atoms with Gasteiger partial charge in [0.25, 0.3) is 0 Å². The van der Waals surface area contributed by atoms with Gasteiger partial charge in [-0.2, -0.15) is 0 Å². The van der Waals surface area contributed by atoms with Crippen molar-refractivity contribution in [3.8, 4) is 0 Å². The van der Waals surface area contributed by atoms with Crippen LogP contribution >= 0.6 is 0 Å². The van der Waals surface area contributed by atoms with Crippen molar-refractivity contribution in [2.75, 3.05) is 19.7 Å². The molecule has 0 aromatic rings. The lowest BCUT2D eigenvalue weighted by Crippen LogP contribution is -2.51. The lowest BCUT2D eigenvalue weighted by molar-refractivity contribution is 0.00647. The zero-order valence-electron chi connectivity index (χ0n) is 11.5. The van der Waals surface area contributed by atoms with Gasteiger partial charge in [0.1, 0.15) is 5.60 Å². The predicted molar refractivity (Wildman–Crippen MR) is 68.3 cm³/mol. The first-order chi connectivity index (χ1) is 8.42. The van der Waals surface area contributed by atoms with Gasteiger partial charge in [-0.3, -0.25) is 4.90 Å². The molecule has 5 nitrogen and oxygen atoms in total. The number of amides is 1. The zero-order chi connectivity index (χ0) is 13.3. The summed E-state index contributed by atoms with van der Waals surface area (Å²) in [5.74, 6) is 0.496. The second kappa shape index (κ2) is 5.05. The van der Waals surface area contributed by atoms with Crippen LogP contribution in [0, 0.1) is 5.92 Å². The molecule has 0 bridgehead atoms. The molecule has 1 amide bonds. The van der Waals surface area contributed by atoms with E-state index in [4.69, 9.17) is 4.74 Å². The summed E-state index contributed by atoms with van der Waals surface area (Å²) in [4.78, 5) is 14.0. The van der Waals surface area contributed by atoms with Crippen molar-refractivity contribution >= 4 is 6.09 Å². The van der Waals surface area contributed by atoms with Gasteiger partial charge in [0.15, 0.2) is 0 Å². The quantitative estimate of drug-likeness (QED) is 0.734. The molecule has 0 aromatic carbocycles. The van der Waals surface area contributed by atoms with Crippen LogP contribution in [-0.2, 0) is 4.74 Å². The van der Waals surface area contributed by atoms with Gasteiger partial charge in [0, 0.05) is 6.54 Å². The van der Waals surface area contributed by atoms with E-state index in [0.29, 0.717) is 5.92 Å². The van der Waals surface area contributed by atoms with Crippen molar-refractivity contribution in [3.05, 3.63) is 0 Å². The lowest BCUT2D eigenvalue weighted by Gasteiger charge is -2.35. The molecule has 0 aromatic heterocycles. The van der Waals surface area contributed by atoms with Crippen molar-refractivity contribution in [1.82, 2.24) is 10.2 Å². The van der Waals surface area contributed by atoms with E-state index in [1.54, 1.807) is 4.90 Å². The minimum absolute atomic E-state index is 0.0201. The highest BCUT2D eigenvalue weighted by molar-refractivity contribution is 5.69. The molecule has 0 saturated carbocycles. The average molecular weight is 256 g/mol. The normalized spacial score (nSPS) is 32.2. The molecule has 2 aliphatic heterocycles. The molecule has 0 aliphatic carbocycles. The summed E-state index contributed by atoms with van der Waals surface area (Å²) < 4.78 is 5.45. The first-order valence-electron chi connectivity index (χ1n) is 6.75. The summed E-state index contributed by atoms with van der Waals surface area (Å²) in [5, 5.41) is 12.8. The van der Waals surface area contributed by atoms with Crippen LogP contribution in [0.5, 0.6) is 0 Å². The number of hydrogen-bond donors (Lipinski definition) is 2. The van der Waals surface area contributed by atoms with Gasteiger partial charge < -0.3 is 15.2 Å². The highest BCUT2D eigenvalue weighted by Gasteiger charge is 2.45. The van der Waals surface area contributed by atoms with Gasteiger partial charge >= 0.3 is 6.09 Å². The first-order valence-corrected chi connectivity index (χ1v) is 6.75. The molecule has 2 saturated heterocycles. The highest BCUT2D eigenvalue weighted by atomic mass is 16.6. The summed E-state index contributed by atoms with van der Waals surface area (Å²) in [6.45, 7) is 7.43. The number of hydrogen-bond acceptors (Lipinski definition) is 4. The van der Waals surface area contributed by atoms with Gasteiger partial charge in [-0.05, 0) is 46.1 Å². The summed E-state index contributed by atoms with van der Waals surface area (Å²) in [7, 11) is 0. The number of ether oxygens (including phenoxy) is 1. The molecule has 3 atom stereocenters. The Morgan fingerprint density at radius 3 is 2.83 bits per heavy atom. The zero-order valence-corrected chi connectivity index (χ0v) is 11.5. The van der Waals surface area contributed by atoms with Gasteiger partial charge in [-0.25, -0.2) is 4.79 Å². The maximum atomic E-state index is 12.2. The number of piperidine rings is 1. The fourth-order valence-electron chi connectivity index (χ4n) is 2.99. The minimum Gasteiger partial charge on any atom is -0.444 e. The van der Waals surface area contributed by atoms with Crippen molar-refractivity contribution in [2.45, 2.75) is 51.3 Å². The Hall–Kier alpha value is -0.810. The van der Waals surface area contributed by atoms with E-state index in [2.05, 4.69) is 5.32 Å². The van der Waals surface area contributed by atoms with Crippen LogP contribution in [0.25, 0.3) is 0 Å². The van der Waals surface area contributed by atoms with E-state index < -0.39 is 5.60 Å². The van der Waals surface area contributed by atoms with E-state index >= 15 is 0 Å². The highest BCUT2D eigenvalue weighted by Crippen LogP contribution is 2.34. The van der Waals surface area contributed by atoms with Crippen LogP contribution in [0.4, 0.5) is 4.79 Å². The summed E-state index contributed by atoms with van der Waals surface area (Å²) in [6.07, 6.45) is 1.67. The summed E-state index contributed by atoms with van der Waals surface area (Å²) in [5.41, 5.74) is -0.489. The molecular formula is C13H24N2O3. The maximum Gasteiger partial charge on any atom is 0.410 e. The molecule has 104 valence electrons. The molecule has 5 heteroatoms. The molecule has 2 rings (SSSR count). The Labute approximate surface area is 108 Å².